The van der Waals surface area contributed by atoms with Gasteiger partial charge in [0.1, 0.15) is 6.04 Å². The van der Waals surface area contributed by atoms with Gasteiger partial charge in [0.2, 0.25) is 5.91 Å². The number of nitrogens with one attached hydrogen (secondary N) is 1. The number of likely N-dealkylation sites (tertiary alicyclic amines) is 1. The van der Waals surface area contributed by atoms with E-state index in [1.54, 1.807) is 0 Å². The van der Waals surface area contributed by atoms with Gasteiger partial charge >= 0.3 is 0 Å². The van der Waals surface area contributed by atoms with E-state index in [1.165, 1.54) is 24.8 Å². The van der Waals surface area contributed by atoms with E-state index in [4.69, 9.17) is 5.73 Å². The van der Waals surface area contributed by atoms with E-state index < -0.39 is 6.04 Å². The topological polar surface area (TPSA) is 58.4 Å². The van der Waals surface area contributed by atoms with Gasteiger partial charge < -0.3 is 11.1 Å². The number of nitrogens with two attached hydrogens (primary N) is 1. The van der Waals surface area contributed by atoms with E-state index in [0.29, 0.717) is 0 Å². The molecule has 0 bridgehead atoms. The van der Waals surface area contributed by atoms with Gasteiger partial charge in [0.15, 0.2) is 0 Å². The first-order valence-electron chi connectivity index (χ1n) is 8.65. The molecule has 24 heavy (non-hydrogen) atoms. The highest BCUT2D eigenvalue weighted by atomic mass is 16.2. The molecule has 0 aliphatic carbocycles. The summed E-state index contributed by atoms with van der Waals surface area (Å²) in [7, 11) is 0. The minimum atomic E-state index is -0.656. The molecular formula is C20H25N3O. The number of rotatable bonds is 5. The van der Waals surface area contributed by atoms with Crippen molar-refractivity contribution in [3.63, 3.8) is 0 Å². The molecule has 1 atom stereocenters. The van der Waals surface area contributed by atoms with Crippen LogP contribution in [0.25, 0.3) is 0 Å². The quantitative estimate of drug-likeness (QED) is 0.887. The highest BCUT2D eigenvalue weighted by molar-refractivity contribution is 5.95. The summed E-state index contributed by atoms with van der Waals surface area (Å²) >= 11 is 0. The predicted octanol–water partition coefficient (Wildman–Crippen LogP) is 3.31. The zero-order chi connectivity index (χ0) is 16.8. The zero-order valence-corrected chi connectivity index (χ0v) is 13.9. The number of carbonyl (C=O) groups excluding carboxylic acids is 1. The van der Waals surface area contributed by atoms with Crippen LogP contribution in [0.2, 0.25) is 0 Å². The van der Waals surface area contributed by atoms with Crippen molar-refractivity contribution in [2.75, 3.05) is 18.4 Å². The molecule has 0 spiro atoms. The smallest absolute Gasteiger partial charge is 0.245 e. The van der Waals surface area contributed by atoms with Crippen LogP contribution in [0, 0.1) is 0 Å². The Hall–Kier alpha value is -2.17. The molecule has 2 aromatic carbocycles. The van der Waals surface area contributed by atoms with Crippen molar-refractivity contribution in [2.45, 2.75) is 31.8 Å². The summed E-state index contributed by atoms with van der Waals surface area (Å²) in [6, 6.07) is 16.8. The Morgan fingerprint density at radius 1 is 1.04 bits per heavy atom. The van der Waals surface area contributed by atoms with Gasteiger partial charge in [0, 0.05) is 12.2 Å². The number of piperidine rings is 1. The van der Waals surface area contributed by atoms with Gasteiger partial charge in [-0.25, -0.2) is 0 Å². The summed E-state index contributed by atoms with van der Waals surface area (Å²) in [4.78, 5) is 14.8. The number of nitrogens with zero attached hydrogens (tertiary/aromatic N) is 1. The lowest BCUT2D eigenvalue weighted by Gasteiger charge is -2.26. The summed E-state index contributed by atoms with van der Waals surface area (Å²) in [5.41, 5.74) is 8.90. The average Bonchev–Trinajstić information content (AvgIpc) is 2.63. The maximum atomic E-state index is 12.4. The molecule has 126 valence electrons. The van der Waals surface area contributed by atoms with Gasteiger partial charge in [-0.1, -0.05) is 48.9 Å². The fraction of sp³-hybridized carbons (Fsp3) is 0.350. The Bertz CT molecular complexity index is 666. The number of benzene rings is 2. The summed E-state index contributed by atoms with van der Waals surface area (Å²) < 4.78 is 0. The molecule has 1 aliphatic heterocycles. The normalized spacial score (nSPS) is 16.5. The molecule has 0 radical (unpaired) electrons. The van der Waals surface area contributed by atoms with Crippen molar-refractivity contribution in [3.05, 3.63) is 65.7 Å². The molecule has 4 heteroatoms. The van der Waals surface area contributed by atoms with Gasteiger partial charge in [-0.3, -0.25) is 9.69 Å². The van der Waals surface area contributed by atoms with E-state index in [2.05, 4.69) is 16.3 Å². The van der Waals surface area contributed by atoms with Gasteiger partial charge in [0.05, 0.1) is 0 Å². The molecule has 1 fully saturated rings. The largest absolute Gasteiger partial charge is 0.324 e. The Labute approximate surface area is 143 Å². The Balaban J connectivity index is 1.62. The van der Waals surface area contributed by atoms with Crippen LogP contribution in [0.3, 0.4) is 0 Å². The van der Waals surface area contributed by atoms with E-state index >= 15 is 0 Å². The lowest BCUT2D eigenvalue weighted by Crippen LogP contribution is -2.29. The van der Waals surface area contributed by atoms with Gasteiger partial charge in [-0.2, -0.15) is 0 Å². The molecule has 1 heterocycles. The van der Waals surface area contributed by atoms with Crippen LogP contribution in [0.15, 0.2) is 54.6 Å². The van der Waals surface area contributed by atoms with Crippen molar-refractivity contribution in [3.8, 4) is 0 Å². The van der Waals surface area contributed by atoms with E-state index in [-0.39, 0.29) is 5.91 Å². The zero-order valence-electron chi connectivity index (χ0n) is 13.9. The number of anilines is 1. The highest BCUT2D eigenvalue weighted by Crippen LogP contribution is 2.18. The molecule has 1 aliphatic rings. The van der Waals surface area contributed by atoms with Crippen LogP contribution in [0.4, 0.5) is 5.69 Å². The SMILES string of the molecule is NC(C(=O)Nc1cccc(CN2CCCCC2)c1)c1ccccc1. The molecule has 0 aromatic heterocycles. The van der Waals surface area contributed by atoms with Crippen molar-refractivity contribution in [1.82, 2.24) is 4.90 Å². The van der Waals surface area contributed by atoms with Crippen LogP contribution < -0.4 is 11.1 Å². The van der Waals surface area contributed by atoms with Crippen LogP contribution in [0.1, 0.15) is 36.4 Å². The fourth-order valence-electron chi connectivity index (χ4n) is 3.15. The molecule has 1 unspecified atom stereocenters. The molecule has 3 rings (SSSR count). The third kappa shape index (κ3) is 4.43. The van der Waals surface area contributed by atoms with Crippen LogP contribution >= 0.6 is 0 Å². The summed E-state index contributed by atoms with van der Waals surface area (Å²) in [5.74, 6) is -0.184. The van der Waals surface area contributed by atoms with Crippen LogP contribution in [0.5, 0.6) is 0 Å². The number of amides is 1. The molecule has 3 N–H and O–H groups in total. The first-order valence-corrected chi connectivity index (χ1v) is 8.65. The predicted molar refractivity (Wildman–Crippen MR) is 97.6 cm³/mol. The lowest BCUT2D eigenvalue weighted by molar-refractivity contribution is -0.117. The molecule has 1 saturated heterocycles. The molecule has 0 saturated carbocycles. The van der Waals surface area contributed by atoms with Crippen molar-refractivity contribution in [2.24, 2.45) is 5.73 Å². The summed E-state index contributed by atoms with van der Waals surface area (Å²) in [6.07, 6.45) is 3.90. The van der Waals surface area contributed by atoms with Crippen molar-refractivity contribution >= 4 is 11.6 Å². The highest BCUT2D eigenvalue weighted by Gasteiger charge is 2.16. The van der Waals surface area contributed by atoms with Gasteiger partial charge in [-0.15, -0.1) is 0 Å². The molecule has 4 nitrogen and oxygen atoms in total. The Morgan fingerprint density at radius 2 is 1.79 bits per heavy atom. The number of hydrogen-bond acceptors (Lipinski definition) is 3. The molecular weight excluding hydrogens is 298 g/mol. The second-order valence-electron chi connectivity index (χ2n) is 6.41. The monoisotopic (exact) mass is 323 g/mol. The Kier molecular flexibility index (Phi) is 5.62. The minimum Gasteiger partial charge on any atom is -0.324 e. The fourth-order valence-corrected chi connectivity index (χ4v) is 3.15. The maximum Gasteiger partial charge on any atom is 0.245 e. The van der Waals surface area contributed by atoms with E-state index in [1.807, 2.05) is 48.5 Å². The van der Waals surface area contributed by atoms with Crippen molar-refractivity contribution in [1.29, 1.82) is 0 Å². The van der Waals surface area contributed by atoms with E-state index in [9.17, 15) is 4.79 Å². The first kappa shape index (κ1) is 16.7. The minimum absolute atomic E-state index is 0.184. The summed E-state index contributed by atoms with van der Waals surface area (Å²) in [6.45, 7) is 3.26. The average molecular weight is 323 g/mol. The second-order valence-corrected chi connectivity index (χ2v) is 6.41. The van der Waals surface area contributed by atoms with Crippen molar-refractivity contribution < 1.29 is 4.79 Å². The lowest BCUT2D eigenvalue weighted by atomic mass is 10.1. The van der Waals surface area contributed by atoms with Crippen LogP contribution in [-0.2, 0) is 11.3 Å². The molecule has 1 amide bonds. The Morgan fingerprint density at radius 3 is 2.54 bits per heavy atom. The maximum absolute atomic E-state index is 12.4. The van der Waals surface area contributed by atoms with Gasteiger partial charge in [-0.05, 0) is 49.2 Å². The molecule has 2 aromatic rings. The summed E-state index contributed by atoms with van der Waals surface area (Å²) in [5, 5.41) is 2.94. The third-order valence-electron chi connectivity index (χ3n) is 4.49. The second kappa shape index (κ2) is 8.08. The first-order chi connectivity index (χ1) is 11.7. The van der Waals surface area contributed by atoms with E-state index in [0.717, 1.165) is 30.9 Å². The third-order valence-corrected chi connectivity index (χ3v) is 4.49. The van der Waals surface area contributed by atoms with Gasteiger partial charge in [0.25, 0.3) is 0 Å². The number of hydrogen-bond donors (Lipinski definition) is 2. The van der Waals surface area contributed by atoms with Crippen LogP contribution in [-0.4, -0.2) is 23.9 Å². The number of carbonyl (C=O) groups is 1. The standard InChI is InChI=1S/C20H25N3O/c21-19(17-9-3-1-4-10-17)20(24)22-18-11-7-8-16(14-18)15-23-12-5-2-6-13-23/h1,3-4,7-11,14,19H,2,5-6,12-13,15,21H2,(H,22,24).